The van der Waals surface area contributed by atoms with Gasteiger partial charge in [0.15, 0.2) is 11.5 Å². The first-order valence-corrected chi connectivity index (χ1v) is 4.71. The van der Waals surface area contributed by atoms with E-state index in [9.17, 15) is 0 Å². The van der Waals surface area contributed by atoms with Crippen LogP contribution in [0.2, 0.25) is 0 Å². The van der Waals surface area contributed by atoms with Crippen molar-refractivity contribution in [1.29, 1.82) is 0 Å². The first-order chi connectivity index (χ1) is 7.35. The molecule has 82 valence electrons. The minimum absolute atomic E-state index is 0.0293. The van der Waals surface area contributed by atoms with Crippen molar-refractivity contribution in [2.24, 2.45) is 5.73 Å². The normalized spacial score (nSPS) is 12.9. The van der Waals surface area contributed by atoms with Gasteiger partial charge in [0.2, 0.25) is 6.79 Å². The first kappa shape index (κ1) is 10.1. The zero-order valence-corrected chi connectivity index (χ0v) is 8.23. The van der Waals surface area contributed by atoms with E-state index in [1.54, 1.807) is 12.1 Å². The third-order valence-electron chi connectivity index (χ3n) is 2.12. The van der Waals surface area contributed by atoms with Crippen LogP contribution < -0.4 is 19.9 Å². The average Bonchev–Trinajstić information content (AvgIpc) is 2.71. The molecule has 0 saturated carbocycles. The number of benzene rings is 1. The number of aliphatic hydroxyl groups is 1. The molecule has 1 heterocycles. The fourth-order valence-electron chi connectivity index (χ4n) is 1.41. The predicted molar refractivity (Wildman–Crippen MR) is 53.0 cm³/mol. The Balaban J connectivity index is 2.27. The van der Waals surface area contributed by atoms with E-state index in [1.165, 1.54) is 0 Å². The molecule has 0 saturated heterocycles. The second-order valence-corrected chi connectivity index (χ2v) is 3.09. The fraction of sp³-hybridized carbons (Fsp3) is 0.400. The quantitative estimate of drug-likeness (QED) is 0.746. The molecule has 1 aliphatic rings. The molecule has 2 rings (SSSR count). The number of fused-ring (bicyclic) bond motifs is 1. The Labute approximate surface area is 87.4 Å². The van der Waals surface area contributed by atoms with E-state index in [2.05, 4.69) is 0 Å². The number of hydrogen-bond acceptors (Lipinski definition) is 5. The van der Waals surface area contributed by atoms with Crippen LogP contribution in [0.1, 0.15) is 5.56 Å². The van der Waals surface area contributed by atoms with Crippen molar-refractivity contribution < 1.29 is 19.3 Å². The molecule has 0 fully saturated rings. The summed E-state index contributed by atoms with van der Waals surface area (Å²) in [4.78, 5) is 0. The van der Waals surface area contributed by atoms with E-state index in [1.807, 2.05) is 0 Å². The summed E-state index contributed by atoms with van der Waals surface area (Å²) in [6.45, 7) is 0.797. The molecule has 3 N–H and O–H groups in total. The molecule has 5 nitrogen and oxygen atoms in total. The molecule has 0 radical (unpaired) electrons. The van der Waals surface area contributed by atoms with E-state index < -0.39 is 0 Å². The monoisotopic (exact) mass is 211 g/mol. The molecule has 1 aliphatic heterocycles. The van der Waals surface area contributed by atoms with Gasteiger partial charge in [0, 0.05) is 18.2 Å². The van der Waals surface area contributed by atoms with E-state index in [0.717, 1.165) is 5.56 Å². The molecular weight excluding hydrogens is 198 g/mol. The summed E-state index contributed by atoms with van der Waals surface area (Å²) >= 11 is 0. The molecule has 0 bridgehead atoms. The summed E-state index contributed by atoms with van der Waals surface area (Å²) in [5.74, 6) is 1.97. The molecular formula is C10H13NO4. The fourth-order valence-corrected chi connectivity index (χ4v) is 1.41. The number of ether oxygens (including phenoxy) is 3. The maximum atomic E-state index is 8.67. The van der Waals surface area contributed by atoms with Crippen LogP contribution in [0.4, 0.5) is 0 Å². The molecule has 0 amide bonds. The number of nitrogens with two attached hydrogens (primary N) is 1. The predicted octanol–water partition coefficient (Wildman–Crippen LogP) is 0.245. The highest BCUT2D eigenvalue weighted by Crippen LogP contribution is 2.37. The van der Waals surface area contributed by atoms with Gasteiger partial charge in [-0.3, -0.25) is 0 Å². The van der Waals surface area contributed by atoms with E-state index in [-0.39, 0.29) is 20.0 Å². The Bertz CT molecular complexity index is 354. The average molecular weight is 211 g/mol. The lowest BCUT2D eigenvalue weighted by atomic mass is 10.2. The van der Waals surface area contributed by atoms with Gasteiger partial charge in [-0.2, -0.15) is 0 Å². The molecule has 5 heteroatoms. The zero-order valence-electron chi connectivity index (χ0n) is 8.23. The van der Waals surface area contributed by atoms with Crippen molar-refractivity contribution >= 4 is 0 Å². The number of aliphatic hydroxyl groups excluding tert-OH is 1. The van der Waals surface area contributed by atoms with Crippen molar-refractivity contribution in [3.8, 4) is 17.2 Å². The van der Waals surface area contributed by atoms with Crippen LogP contribution in [-0.2, 0) is 6.54 Å². The second kappa shape index (κ2) is 4.37. The van der Waals surface area contributed by atoms with Crippen molar-refractivity contribution in [3.05, 3.63) is 17.7 Å². The molecule has 1 aromatic rings. The highest BCUT2D eigenvalue weighted by Gasteiger charge is 2.17. The Morgan fingerprint density at radius 3 is 2.73 bits per heavy atom. The number of rotatable bonds is 4. The maximum absolute atomic E-state index is 8.67. The lowest BCUT2D eigenvalue weighted by Gasteiger charge is -2.10. The van der Waals surface area contributed by atoms with Crippen LogP contribution in [0.5, 0.6) is 17.2 Å². The van der Waals surface area contributed by atoms with Gasteiger partial charge in [0.1, 0.15) is 12.4 Å². The summed E-state index contributed by atoms with van der Waals surface area (Å²) in [5, 5.41) is 8.67. The van der Waals surface area contributed by atoms with Gasteiger partial charge in [-0.15, -0.1) is 0 Å². The van der Waals surface area contributed by atoms with Gasteiger partial charge in [-0.25, -0.2) is 0 Å². The smallest absolute Gasteiger partial charge is 0.231 e. The van der Waals surface area contributed by atoms with Crippen molar-refractivity contribution in [2.75, 3.05) is 20.0 Å². The molecule has 0 aromatic heterocycles. The summed E-state index contributed by atoms with van der Waals surface area (Å²) in [7, 11) is 0. The summed E-state index contributed by atoms with van der Waals surface area (Å²) < 4.78 is 15.8. The minimum atomic E-state index is -0.0293. The van der Waals surface area contributed by atoms with Gasteiger partial charge < -0.3 is 25.1 Å². The molecule has 1 aromatic carbocycles. The molecule has 0 atom stereocenters. The van der Waals surface area contributed by atoms with Gasteiger partial charge in [0.05, 0.1) is 6.61 Å². The Kier molecular flexibility index (Phi) is 2.94. The van der Waals surface area contributed by atoms with Gasteiger partial charge in [-0.1, -0.05) is 0 Å². The van der Waals surface area contributed by atoms with Gasteiger partial charge >= 0.3 is 0 Å². The van der Waals surface area contributed by atoms with Crippen LogP contribution in [0.3, 0.4) is 0 Å². The Morgan fingerprint density at radius 2 is 2.07 bits per heavy atom. The summed E-state index contributed by atoms with van der Waals surface area (Å²) in [6, 6.07) is 3.54. The number of hydrogen-bond donors (Lipinski definition) is 2. The third-order valence-corrected chi connectivity index (χ3v) is 2.12. The van der Waals surface area contributed by atoms with E-state index >= 15 is 0 Å². The zero-order chi connectivity index (χ0) is 10.7. The molecule has 0 aliphatic carbocycles. The van der Waals surface area contributed by atoms with Crippen molar-refractivity contribution in [2.45, 2.75) is 6.54 Å². The second-order valence-electron chi connectivity index (χ2n) is 3.09. The summed E-state index contributed by atoms with van der Waals surface area (Å²) in [6.07, 6.45) is 0. The molecule has 0 unspecified atom stereocenters. The topological polar surface area (TPSA) is 73.9 Å². The van der Waals surface area contributed by atoms with Crippen LogP contribution in [0.15, 0.2) is 12.1 Å². The van der Waals surface area contributed by atoms with Crippen LogP contribution >= 0.6 is 0 Å². The van der Waals surface area contributed by atoms with Gasteiger partial charge in [0.25, 0.3) is 0 Å². The SMILES string of the molecule is NCc1cc2c(cc1OCCO)OCO2. The van der Waals surface area contributed by atoms with Crippen LogP contribution in [0, 0.1) is 0 Å². The lowest BCUT2D eigenvalue weighted by Crippen LogP contribution is -2.06. The highest BCUT2D eigenvalue weighted by molar-refractivity contribution is 5.51. The van der Waals surface area contributed by atoms with Crippen LogP contribution in [0.25, 0.3) is 0 Å². The maximum Gasteiger partial charge on any atom is 0.231 e. The third kappa shape index (κ3) is 1.98. The highest BCUT2D eigenvalue weighted by atomic mass is 16.7. The Morgan fingerprint density at radius 1 is 1.33 bits per heavy atom. The van der Waals surface area contributed by atoms with Gasteiger partial charge in [-0.05, 0) is 6.07 Å². The van der Waals surface area contributed by atoms with E-state index in [0.29, 0.717) is 23.8 Å². The van der Waals surface area contributed by atoms with Crippen molar-refractivity contribution in [3.63, 3.8) is 0 Å². The van der Waals surface area contributed by atoms with Crippen LogP contribution in [-0.4, -0.2) is 25.1 Å². The molecule has 15 heavy (non-hydrogen) atoms. The largest absolute Gasteiger partial charge is 0.491 e. The van der Waals surface area contributed by atoms with Crippen molar-refractivity contribution in [1.82, 2.24) is 0 Å². The molecule has 0 spiro atoms. The minimum Gasteiger partial charge on any atom is -0.491 e. The Hall–Kier alpha value is -1.46. The summed E-state index contributed by atoms with van der Waals surface area (Å²) in [5.41, 5.74) is 6.42. The lowest BCUT2D eigenvalue weighted by molar-refractivity contribution is 0.173. The van der Waals surface area contributed by atoms with E-state index in [4.69, 9.17) is 25.1 Å². The first-order valence-electron chi connectivity index (χ1n) is 4.71. The standard InChI is InChI=1S/C10H13NO4/c11-5-7-3-9-10(15-6-14-9)4-8(7)13-2-1-12/h3-4,12H,1-2,5-6,11H2.